The standard InChI is InChI=1S/C25H34N2O5S/c1-16(2)21-15-22(18(4)13-23(21)31-6)19(5)26-25(28)20-8-7-17(3)24(14-20)33(29,30)27-9-11-32-12-10-27/h7-8,13-16,19H,9-12H2,1-6H3,(H,26,28)/t19-/m1/s1. The fourth-order valence-electron chi connectivity index (χ4n) is 4.11. The van der Waals surface area contributed by atoms with Gasteiger partial charge in [0.1, 0.15) is 5.75 Å². The summed E-state index contributed by atoms with van der Waals surface area (Å²) in [5.41, 5.74) is 4.02. The maximum Gasteiger partial charge on any atom is 0.251 e. The molecule has 0 aromatic heterocycles. The summed E-state index contributed by atoms with van der Waals surface area (Å²) in [4.78, 5) is 13.2. The summed E-state index contributed by atoms with van der Waals surface area (Å²) in [5, 5.41) is 3.03. The van der Waals surface area contributed by atoms with Crippen LogP contribution in [-0.4, -0.2) is 52.0 Å². The van der Waals surface area contributed by atoms with Crippen LogP contribution in [0.2, 0.25) is 0 Å². The van der Waals surface area contributed by atoms with Gasteiger partial charge in [-0.15, -0.1) is 0 Å². The van der Waals surface area contributed by atoms with Gasteiger partial charge in [0, 0.05) is 18.7 Å². The number of rotatable bonds is 7. The number of methoxy groups -OCH3 is 1. The van der Waals surface area contributed by atoms with Gasteiger partial charge in [-0.1, -0.05) is 19.9 Å². The number of morpholine rings is 1. The molecule has 33 heavy (non-hydrogen) atoms. The molecule has 1 aliphatic rings. The predicted molar refractivity (Wildman–Crippen MR) is 128 cm³/mol. The third kappa shape index (κ3) is 5.39. The maximum absolute atomic E-state index is 13.2. The van der Waals surface area contributed by atoms with Crippen LogP contribution in [0, 0.1) is 13.8 Å². The molecule has 0 bridgehead atoms. The number of benzene rings is 2. The number of hydrogen-bond acceptors (Lipinski definition) is 5. The Morgan fingerprint density at radius 1 is 1.03 bits per heavy atom. The van der Waals surface area contributed by atoms with Crippen molar-refractivity contribution in [2.45, 2.75) is 51.5 Å². The zero-order valence-electron chi connectivity index (χ0n) is 20.3. The van der Waals surface area contributed by atoms with Crippen molar-refractivity contribution in [3.05, 3.63) is 58.1 Å². The van der Waals surface area contributed by atoms with Gasteiger partial charge in [-0.25, -0.2) is 8.42 Å². The molecule has 0 saturated carbocycles. The van der Waals surface area contributed by atoms with E-state index in [2.05, 4.69) is 25.2 Å². The van der Waals surface area contributed by atoms with E-state index in [1.54, 1.807) is 26.2 Å². The molecule has 3 rings (SSSR count). The lowest BCUT2D eigenvalue weighted by molar-refractivity contribution is 0.0730. The maximum atomic E-state index is 13.2. The van der Waals surface area contributed by atoms with Crippen LogP contribution in [0.5, 0.6) is 5.75 Å². The number of ether oxygens (including phenoxy) is 2. The molecule has 1 saturated heterocycles. The molecule has 0 unspecified atom stereocenters. The minimum atomic E-state index is -3.70. The van der Waals surface area contributed by atoms with Crippen molar-refractivity contribution in [3.63, 3.8) is 0 Å². The fourth-order valence-corrected chi connectivity index (χ4v) is 5.77. The summed E-state index contributed by atoms with van der Waals surface area (Å²) >= 11 is 0. The Hall–Kier alpha value is -2.42. The van der Waals surface area contributed by atoms with Crippen LogP contribution in [0.25, 0.3) is 0 Å². The first-order chi connectivity index (χ1) is 15.6. The minimum absolute atomic E-state index is 0.160. The number of aryl methyl sites for hydroxylation is 2. The smallest absolute Gasteiger partial charge is 0.251 e. The molecule has 1 aliphatic heterocycles. The van der Waals surface area contributed by atoms with Gasteiger partial charge in [0.15, 0.2) is 0 Å². The van der Waals surface area contributed by atoms with E-state index in [1.165, 1.54) is 10.4 Å². The van der Waals surface area contributed by atoms with Crippen LogP contribution in [-0.2, 0) is 14.8 Å². The SMILES string of the molecule is COc1cc(C)c([C@@H](C)NC(=O)c2ccc(C)c(S(=O)(=O)N3CCOCC3)c2)cc1C(C)C. The Balaban J connectivity index is 1.87. The van der Waals surface area contributed by atoms with Crippen molar-refractivity contribution in [2.24, 2.45) is 0 Å². The van der Waals surface area contributed by atoms with Crippen LogP contribution in [0.1, 0.15) is 65.3 Å². The number of nitrogens with one attached hydrogen (secondary N) is 1. The average molecular weight is 475 g/mol. The van der Waals surface area contributed by atoms with Gasteiger partial charge in [-0.3, -0.25) is 4.79 Å². The molecule has 1 fully saturated rings. The van der Waals surface area contributed by atoms with E-state index in [9.17, 15) is 13.2 Å². The van der Waals surface area contributed by atoms with Gasteiger partial charge >= 0.3 is 0 Å². The average Bonchev–Trinajstić information content (AvgIpc) is 2.79. The van der Waals surface area contributed by atoms with E-state index in [-0.39, 0.29) is 22.8 Å². The lowest BCUT2D eigenvalue weighted by Gasteiger charge is -2.27. The van der Waals surface area contributed by atoms with Gasteiger partial charge in [0.2, 0.25) is 10.0 Å². The fraction of sp³-hybridized carbons (Fsp3) is 0.480. The van der Waals surface area contributed by atoms with Crippen molar-refractivity contribution < 1.29 is 22.7 Å². The summed E-state index contributed by atoms with van der Waals surface area (Å²) in [7, 11) is -2.04. The van der Waals surface area contributed by atoms with E-state index in [1.807, 2.05) is 19.9 Å². The number of sulfonamides is 1. The Morgan fingerprint density at radius 3 is 2.30 bits per heavy atom. The molecule has 1 amide bonds. The molecule has 8 heteroatoms. The van der Waals surface area contributed by atoms with Crippen LogP contribution in [0.15, 0.2) is 35.2 Å². The van der Waals surface area contributed by atoms with Gasteiger partial charge in [0.25, 0.3) is 5.91 Å². The summed E-state index contributed by atoms with van der Waals surface area (Å²) in [6.07, 6.45) is 0. The van der Waals surface area contributed by atoms with E-state index in [0.29, 0.717) is 37.4 Å². The molecule has 7 nitrogen and oxygen atoms in total. The molecule has 0 spiro atoms. The quantitative estimate of drug-likeness (QED) is 0.657. The normalized spacial score (nSPS) is 16.0. The Morgan fingerprint density at radius 2 is 1.70 bits per heavy atom. The van der Waals surface area contributed by atoms with Gasteiger partial charge in [-0.05, 0) is 73.2 Å². The minimum Gasteiger partial charge on any atom is -0.496 e. The summed E-state index contributed by atoms with van der Waals surface area (Å²) in [6.45, 7) is 11.2. The monoisotopic (exact) mass is 474 g/mol. The summed E-state index contributed by atoms with van der Waals surface area (Å²) in [5.74, 6) is 0.788. The molecule has 180 valence electrons. The number of hydrogen-bond donors (Lipinski definition) is 1. The number of nitrogens with zero attached hydrogens (tertiary/aromatic N) is 1. The molecule has 1 heterocycles. The highest BCUT2D eigenvalue weighted by Crippen LogP contribution is 2.32. The topological polar surface area (TPSA) is 84.9 Å². The third-order valence-corrected chi connectivity index (χ3v) is 8.13. The van der Waals surface area contributed by atoms with Gasteiger partial charge in [-0.2, -0.15) is 4.31 Å². The first-order valence-corrected chi connectivity index (χ1v) is 12.7. The molecule has 1 atom stereocenters. The zero-order chi connectivity index (χ0) is 24.3. The molecule has 0 radical (unpaired) electrons. The highest BCUT2D eigenvalue weighted by molar-refractivity contribution is 7.89. The highest BCUT2D eigenvalue weighted by atomic mass is 32.2. The predicted octanol–water partition coefficient (Wildman–Crippen LogP) is 3.95. The van der Waals surface area contributed by atoms with Crippen LogP contribution in [0.3, 0.4) is 0 Å². The molecule has 2 aromatic carbocycles. The van der Waals surface area contributed by atoms with Crippen molar-refractivity contribution in [3.8, 4) is 5.75 Å². The molecular formula is C25H34N2O5S. The lowest BCUT2D eigenvalue weighted by Crippen LogP contribution is -2.41. The van der Waals surface area contributed by atoms with Gasteiger partial charge in [0.05, 0.1) is 31.3 Å². The zero-order valence-corrected chi connectivity index (χ0v) is 21.1. The van der Waals surface area contributed by atoms with Gasteiger partial charge < -0.3 is 14.8 Å². The lowest BCUT2D eigenvalue weighted by atomic mass is 9.93. The Bertz CT molecular complexity index is 1120. The van der Waals surface area contributed by atoms with Crippen molar-refractivity contribution in [1.29, 1.82) is 0 Å². The van der Waals surface area contributed by atoms with Crippen LogP contribution in [0.4, 0.5) is 0 Å². The second kappa shape index (κ2) is 10.2. The number of amides is 1. The second-order valence-corrected chi connectivity index (χ2v) is 10.7. The van der Waals surface area contributed by atoms with Crippen molar-refractivity contribution in [1.82, 2.24) is 9.62 Å². The number of carbonyl (C=O) groups excluding carboxylic acids is 1. The summed E-state index contributed by atoms with van der Waals surface area (Å²) < 4.78 is 38.5. The molecule has 1 N–H and O–H groups in total. The number of carbonyl (C=O) groups is 1. The van der Waals surface area contributed by atoms with E-state index in [4.69, 9.17) is 9.47 Å². The van der Waals surface area contributed by atoms with Crippen molar-refractivity contribution >= 4 is 15.9 Å². The second-order valence-electron chi connectivity index (χ2n) is 8.80. The first kappa shape index (κ1) is 25.2. The van der Waals surface area contributed by atoms with Crippen LogP contribution < -0.4 is 10.1 Å². The Kier molecular flexibility index (Phi) is 7.82. The molecule has 0 aliphatic carbocycles. The van der Waals surface area contributed by atoms with E-state index in [0.717, 1.165) is 22.4 Å². The molecular weight excluding hydrogens is 440 g/mol. The Labute approximate surface area is 197 Å². The van der Waals surface area contributed by atoms with Crippen LogP contribution >= 0.6 is 0 Å². The molecule has 2 aromatic rings. The first-order valence-electron chi connectivity index (χ1n) is 11.2. The highest BCUT2D eigenvalue weighted by Gasteiger charge is 2.28. The largest absolute Gasteiger partial charge is 0.496 e. The summed E-state index contributed by atoms with van der Waals surface area (Å²) in [6, 6.07) is 8.63. The van der Waals surface area contributed by atoms with E-state index >= 15 is 0 Å². The van der Waals surface area contributed by atoms with Crippen molar-refractivity contribution in [2.75, 3.05) is 33.4 Å². The van der Waals surface area contributed by atoms with E-state index < -0.39 is 10.0 Å². The third-order valence-electron chi connectivity index (χ3n) is 6.09.